The van der Waals surface area contributed by atoms with E-state index in [-0.39, 0.29) is 28.8 Å². The van der Waals surface area contributed by atoms with Crippen LogP contribution in [0, 0.1) is 5.92 Å². The Hall–Kier alpha value is -1.61. The molecule has 2 atom stereocenters. The number of halogens is 3. The highest BCUT2D eigenvalue weighted by molar-refractivity contribution is 7.93. The van der Waals surface area contributed by atoms with Crippen molar-refractivity contribution in [2.75, 3.05) is 4.72 Å². The summed E-state index contributed by atoms with van der Waals surface area (Å²) in [4.78, 5) is 4.40. The van der Waals surface area contributed by atoms with Crippen LogP contribution in [0.4, 0.5) is 18.3 Å². The zero-order chi connectivity index (χ0) is 20.5. The number of sulfonamides is 1. The summed E-state index contributed by atoms with van der Waals surface area (Å²) in [5.74, 6) is -1.31. The molecule has 0 spiro atoms. The van der Waals surface area contributed by atoms with Crippen molar-refractivity contribution in [1.29, 1.82) is 0 Å². The van der Waals surface area contributed by atoms with Crippen LogP contribution in [-0.2, 0) is 10.0 Å². The number of hydrogen-bond donors (Lipinski definition) is 1. The fraction of sp³-hybridized carbons (Fsp3) is 0.526. The van der Waals surface area contributed by atoms with Crippen LogP contribution in [0.15, 0.2) is 34.5 Å². The molecule has 1 aliphatic rings. The maximum atomic E-state index is 13.0. The van der Waals surface area contributed by atoms with Gasteiger partial charge in [0.1, 0.15) is 0 Å². The molecule has 0 radical (unpaired) electrons. The van der Waals surface area contributed by atoms with E-state index < -0.39 is 22.1 Å². The fourth-order valence-electron chi connectivity index (χ4n) is 3.48. The molecule has 1 saturated carbocycles. The number of benzene rings is 1. The van der Waals surface area contributed by atoms with Crippen molar-refractivity contribution >= 4 is 26.5 Å². The van der Waals surface area contributed by atoms with E-state index in [1.807, 2.05) is 13.8 Å². The molecule has 3 rings (SSSR count). The number of thiazole rings is 1. The highest BCUT2D eigenvalue weighted by atomic mass is 32.2. The Labute approximate surface area is 167 Å². The predicted octanol–water partition coefficient (Wildman–Crippen LogP) is 5.90. The summed E-state index contributed by atoms with van der Waals surface area (Å²) < 4.78 is 66.6. The zero-order valence-corrected chi connectivity index (χ0v) is 17.3. The maximum absolute atomic E-state index is 13.0. The Morgan fingerprint density at radius 2 is 1.86 bits per heavy atom. The standard InChI is InChI=1S/C19H23F3N2O2S2/c1-12(2)13-6-8-16(9-7-13)28(25,26)24-18-23-17(11-27-18)14-4-3-5-15(10-14)19(20,21)22/h6-9,11-12,14-15H,3-5,10H2,1-2H3,(H,23,24). The van der Waals surface area contributed by atoms with Crippen LogP contribution in [0.1, 0.15) is 62.6 Å². The van der Waals surface area contributed by atoms with Crippen LogP contribution < -0.4 is 4.72 Å². The monoisotopic (exact) mass is 432 g/mol. The fourth-order valence-corrected chi connectivity index (χ4v) is 5.53. The Morgan fingerprint density at radius 3 is 2.46 bits per heavy atom. The molecule has 28 heavy (non-hydrogen) atoms. The molecule has 4 nitrogen and oxygen atoms in total. The molecule has 1 fully saturated rings. The Morgan fingerprint density at radius 1 is 1.18 bits per heavy atom. The second kappa shape index (κ2) is 8.02. The summed E-state index contributed by atoms with van der Waals surface area (Å²) in [6, 6.07) is 6.63. The summed E-state index contributed by atoms with van der Waals surface area (Å²) in [6.45, 7) is 4.04. The Bertz CT molecular complexity index is 906. The van der Waals surface area contributed by atoms with E-state index in [9.17, 15) is 21.6 Å². The summed E-state index contributed by atoms with van der Waals surface area (Å²) in [6.07, 6.45) is -2.90. The van der Waals surface area contributed by atoms with E-state index >= 15 is 0 Å². The van der Waals surface area contributed by atoms with Crippen LogP contribution in [0.5, 0.6) is 0 Å². The van der Waals surface area contributed by atoms with E-state index in [1.54, 1.807) is 29.6 Å². The van der Waals surface area contributed by atoms with Gasteiger partial charge in [-0.1, -0.05) is 32.4 Å². The first-order valence-electron chi connectivity index (χ1n) is 9.21. The van der Waals surface area contributed by atoms with Crippen LogP contribution in [0.2, 0.25) is 0 Å². The second-order valence-corrected chi connectivity index (χ2v) is 10.0. The number of nitrogens with one attached hydrogen (secondary N) is 1. The summed E-state index contributed by atoms with van der Waals surface area (Å²) >= 11 is 1.10. The molecule has 9 heteroatoms. The lowest BCUT2D eigenvalue weighted by atomic mass is 9.80. The molecular formula is C19H23F3N2O2S2. The average Bonchev–Trinajstić information content (AvgIpc) is 3.09. The normalized spacial score (nSPS) is 21.1. The minimum absolute atomic E-state index is 0.0100. The lowest BCUT2D eigenvalue weighted by Gasteiger charge is -2.29. The molecule has 1 N–H and O–H groups in total. The van der Waals surface area contributed by atoms with Crippen LogP contribution >= 0.6 is 11.3 Å². The van der Waals surface area contributed by atoms with Crippen molar-refractivity contribution in [3.63, 3.8) is 0 Å². The third kappa shape index (κ3) is 4.86. The van der Waals surface area contributed by atoms with Crippen LogP contribution in [0.25, 0.3) is 0 Å². The lowest BCUT2D eigenvalue weighted by molar-refractivity contribution is -0.183. The molecule has 154 valence electrons. The number of aromatic nitrogens is 1. The average molecular weight is 433 g/mol. The number of anilines is 1. The summed E-state index contributed by atoms with van der Waals surface area (Å²) in [5.41, 5.74) is 1.57. The molecule has 1 aromatic heterocycles. The van der Waals surface area contributed by atoms with Crippen molar-refractivity contribution in [2.24, 2.45) is 5.92 Å². The van der Waals surface area contributed by atoms with Gasteiger partial charge in [0.25, 0.3) is 10.0 Å². The minimum Gasteiger partial charge on any atom is -0.255 e. The smallest absolute Gasteiger partial charge is 0.255 e. The molecular weight excluding hydrogens is 409 g/mol. The van der Waals surface area contributed by atoms with Crippen LogP contribution in [0.3, 0.4) is 0 Å². The molecule has 1 aliphatic carbocycles. The molecule has 0 saturated heterocycles. The molecule has 0 aliphatic heterocycles. The maximum Gasteiger partial charge on any atom is 0.391 e. The predicted molar refractivity (Wildman–Crippen MR) is 104 cm³/mol. The van der Waals surface area contributed by atoms with Crippen LogP contribution in [-0.4, -0.2) is 19.6 Å². The highest BCUT2D eigenvalue weighted by Crippen LogP contribution is 2.44. The molecule has 1 heterocycles. The summed E-state index contributed by atoms with van der Waals surface area (Å²) in [7, 11) is -3.79. The molecule has 0 amide bonds. The van der Waals surface area contributed by atoms with Gasteiger partial charge in [-0.2, -0.15) is 13.2 Å². The van der Waals surface area contributed by atoms with Gasteiger partial charge in [0.15, 0.2) is 5.13 Å². The van der Waals surface area contributed by atoms with E-state index in [0.29, 0.717) is 24.5 Å². The first-order valence-corrected chi connectivity index (χ1v) is 11.6. The lowest BCUT2D eigenvalue weighted by Crippen LogP contribution is -2.28. The largest absolute Gasteiger partial charge is 0.391 e. The summed E-state index contributed by atoms with van der Waals surface area (Å²) in [5, 5.41) is 1.83. The van der Waals surface area contributed by atoms with Crippen molar-refractivity contribution in [2.45, 2.75) is 62.4 Å². The minimum atomic E-state index is -4.19. The van der Waals surface area contributed by atoms with Gasteiger partial charge in [-0.25, -0.2) is 13.4 Å². The first kappa shape index (κ1) is 21.1. The Balaban J connectivity index is 1.71. The topological polar surface area (TPSA) is 59.1 Å². The van der Waals surface area contributed by atoms with Crippen molar-refractivity contribution in [3.05, 3.63) is 40.9 Å². The van der Waals surface area contributed by atoms with Gasteiger partial charge in [-0.3, -0.25) is 4.72 Å². The van der Waals surface area contributed by atoms with E-state index in [1.165, 1.54) is 0 Å². The van der Waals surface area contributed by atoms with Gasteiger partial charge in [0.2, 0.25) is 0 Å². The number of alkyl halides is 3. The third-order valence-electron chi connectivity index (χ3n) is 5.16. The number of rotatable bonds is 5. The second-order valence-electron chi connectivity index (χ2n) is 7.51. The quantitative estimate of drug-likeness (QED) is 0.640. The molecule has 2 aromatic rings. The highest BCUT2D eigenvalue weighted by Gasteiger charge is 2.42. The van der Waals surface area contributed by atoms with Crippen molar-refractivity contribution < 1.29 is 21.6 Å². The third-order valence-corrected chi connectivity index (χ3v) is 7.42. The van der Waals surface area contributed by atoms with Crippen molar-refractivity contribution in [3.8, 4) is 0 Å². The Kier molecular flexibility index (Phi) is 6.05. The molecule has 1 aromatic carbocycles. The first-order chi connectivity index (χ1) is 13.1. The number of nitrogens with zero attached hydrogens (tertiary/aromatic N) is 1. The zero-order valence-electron chi connectivity index (χ0n) is 15.7. The van der Waals surface area contributed by atoms with E-state index in [0.717, 1.165) is 16.9 Å². The van der Waals surface area contributed by atoms with Gasteiger partial charge in [0.05, 0.1) is 16.5 Å². The van der Waals surface area contributed by atoms with E-state index in [2.05, 4.69) is 9.71 Å². The SMILES string of the molecule is CC(C)c1ccc(S(=O)(=O)Nc2nc(C3CCCC(C(F)(F)F)C3)cs2)cc1. The van der Waals surface area contributed by atoms with Gasteiger partial charge in [-0.15, -0.1) is 11.3 Å². The molecule has 2 unspecified atom stereocenters. The van der Waals surface area contributed by atoms with Gasteiger partial charge >= 0.3 is 6.18 Å². The van der Waals surface area contributed by atoms with Gasteiger partial charge in [0, 0.05) is 11.3 Å². The molecule has 0 bridgehead atoms. The van der Waals surface area contributed by atoms with E-state index in [4.69, 9.17) is 0 Å². The van der Waals surface area contributed by atoms with Gasteiger partial charge < -0.3 is 0 Å². The van der Waals surface area contributed by atoms with Crippen molar-refractivity contribution in [1.82, 2.24) is 4.98 Å². The number of hydrogen-bond acceptors (Lipinski definition) is 4. The van der Waals surface area contributed by atoms with Gasteiger partial charge in [-0.05, 0) is 42.9 Å².